The van der Waals surface area contributed by atoms with Crippen LogP contribution in [0.25, 0.3) is 0 Å². The van der Waals surface area contributed by atoms with Crippen LogP contribution < -0.4 is 10.6 Å². The van der Waals surface area contributed by atoms with E-state index in [-0.39, 0.29) is 5.41 Å². The molecule has 2 unspecified atom stereocenters. The second-order valence-corrected chi connectivity index (χ2v) is 9.41. The zero-order chi connectivity index (χ0) is 14.7. The van der Waals surface area contributed by atoms with Crippen molar-refractivity contribution in [1.29, 1.82) is 0 Å². The predicted octanol–water partition coefficient (Wildman–Crippen LogP) is 2.85. The Morgan fingerprint density at radius 3 is 2.19 bits per heavy atom. The van der Waals surface area contributed by atoms with E-state index in [1.54, 1.807) is 0 Å². The van der Waals surface area contributed by atoms with Crippen LogP contribution in [0.5, 0.6) is 0 Å². The third kappa shape index (κ3) is 2.32. The van der Waals surface area contributed by atoms with Gasteiger partial charge >= 0.3 is 0 Å². The molecule has 1 heterocycles. The highest BCUT2D eigenvalue weighted by atomic mass is 16.2. The van der Waals surface area contributed by atoms with Gasteiger partial charge in [0.15, 0.2) is 0 Å². The molecule has 3 heteroatoms. The van der Waals surface area contributed by atoms with Crippen LogP contribution in [-0.4, -0.2) is 25.0 Å². The molecular formula is C18H30N2O. The summed E-state index contributed by atoms with van der Waals surface area (Å²) in [5.74, 6) is 1.20. The summed E-state index contributed by atoms with van der Waals surface area (Å²) in [5.41, 5.74) is 0.826. The quantitative estimate of drug-likeness (QED) is 0.821. The van der Waals surface area contributed by atoms with Gasteiger partial charge < -0.3 is 10.6 Å². The van der Waals surface area contributed by atoms with Gasteiger partial charge in [-0.1, -0.05) is 13.8 Å². The van der Waals surface area contributed by atoms with Gasteiger partial charge in [0.25, 0.3) is 0 Å². The molecule has 2 atom stereocenters. The second-order valence-electron chi connectivity index (χ2n) is 9.41. The van der Waals surface area contributed by atoms with E-state index in [9.17, 15) is 4.79 Å². The molecule has 1 saturated heterocycles. The average molecular weight is 290 g/mol. The molecule has 1 amide bonds. The normalized spacial score (nSPS) is 49.3. The summed E-state index contributed by atoms with van der Waals surface area (Å²) in [7, 11) is 0. The maximum atomic E-state index is 13.1. The molecule has 2 N–H and O–H groups in total. The zero-order valence-corrected chi connectivity index (χ0v) is 13.6. The molecule has 5 fully saturated rings. The predicted molar refractivity (Wildman–Crippen MR) is 83.9 cm³/mol. The Balaban J connectivity index is 1.54. The number of nitrogens with one attached hydrogen (secondary N) is 2. The lowest BCUT2D eigenvalue weighted by molar-refractivity contribution is -0.170. The van der Waals surface area contributed by atoms with Gasteiger partial charge in [0.2, 0.25) is 5.91 Å². The van der Waals surface area contributed by atoms with Crippen LogP contribution in [0.3, 0.4) is 0 Å². The monoisotopic (exact) mass is 290 g/mol. The summed E-state index contributed by atoms with van der Waals surface area (Å²) < 4.78 is 0. The van der Waals surface area contributed by atoms with Crippen molar-refractivity contribution in [3.8, 4) is 0 Å². The van der Waals surface area contributed by atoms with E-state index < -0.39 is 0 Å². The van der Waals surface area contributed by atoms with E-state index in [1.807, 2.05) is 0 Å². The first-order valence-corrected chi connectivity index (χ1v) is 8.92. The summed E-state index contributed by atoms with van der Waals surface area (Å²) in [6.07, 6.45) is 9.72. The molecule has 0 radical (unpaired) electrons. The van der Waals surface area contributed by atoms with Crippen molar-refractivity contribution in [3.05, 3.63) is 0 Å². The number of rotatable bonds is 2. The van der Waals surface area contributed by atoms with Crippen molar-refractivity contribution in [1.82, 2.24) is 10.6 Å². The molecule has 1 aliphatic heterocycles. The first-order valence-electron chi connectivity index (χ1n) is 8.92. The van der Waals surface area contributed by atoms with Crippen LogP contribution in [0.2, 0.25) is 0 Å². The van der Waals surface area contributed by atoms with E-state index in [4.69, 9.17) is 0 Å². The lowest BCUT2D eigenvalue weighted by Crippen LogP contribution is -2.61. The Bertz CT molecular complexity index is 436. The van der Waals surface area contributed by atoms with E-state index >= 15 is 0 Å². The third-order valence-corrected chi connectivity index (χ3v) is 6.78. The largest absolute Gasteiger partial charge is 0.353 e. The van der Waals surface area contributed by atoms with E-state index in [1.165, 1.54) is 19.3 Å². The SMILES string of the molecule is CC12CC3CC(C)(C1)CC(C(=O)NC1CCNCC1)(C3)C2. The van der Waals surface area contributed by atoms with E-state index in [0.717, 1.165) is 51.1 Å². The maximum absolute atomic E-state index is 13.1. The molecule has 5 aliphatic rings. The van der Waals surface area contributed by atoms with Crippen molar-refractivity contribution in [2.24, 2.45) is 22.2 Å². The average Bonchev–Trinajstić information content (AvgIpc) is 2.35. The van der Waals surface area contributed by atoms with Crippen LogP contribution >= 0.6 is 0 Å². The summed E-state index contributed by atoms with van der Waals surface area (Å²) >= 11 is 0. The fraction of sp³-hybridized carbons (Fsp3) is 0.944. The Morgan fingerprint density at radius 1 is 1.00 bits per heavy atom. The molecule has 5 rings (SSSR count). The number of amides is 1. The van der Waals surface area contributed by atoms with Crippen LogP contribution in [0.4, 0.5) is 0 Å². The topological polar surface area (TPSA) is 41.1 Å². The van der Waals surface area contributed by atoms with Crippen molar-refractivity contribution in [3.63, 3.8) is 0 Å². The molecule has 0 spiro atoms. The highest BCUT2D eigenvalue weighted by Crippen LogP contribution is 2.69. The van der Waals surface area contributed by atoms with E-state index in [2.05, 4.69) is 24.5 Å². The molecule has 4 bridgehead atoms. The summed E-state index contributed by atoms with van der Waals surface area (Å²) in [4.78, 5) is 13.1. The van der Waals surface area contributed by atoms with E-state index in [0.29, 0.717) is 22.8 Å². The molecule has 0 aromatic heterocycles. The highest BCUT2D eigenvalue weighted by molar-refractivity contribution is 5.83. The maximum Gasteiger partial charge on any atom is 0.226 e. The Hall–Kier alpha value is -0.570. The van der Waals surface area contributed by atoms with Crippen molar-refractivity contribution >= 4 is 5.91 Å². The fourth-order valence-corrected chi connectivity index (χ4v) is 7.01. The van der Waals surface area contributed by atoms with Gasteiger partial charge in [-0.3, -0.25) is 4.79 Å². The first-order chi connectivity index (χ1) is 9.91. The molecular weight excluding hydrogens is 260 g/mol. The van der Waals surface area contributed by atoms with Crippen LogP contribution in [0.15, 0.2) is 0 Å². The summed E-state index contributed by atoms with van der Waals surface area (Å²) in [5, 5.41) is 6.82. The lowest BCUT2D eigenvalue weighted by atomic mass is 9.40. The van der Waals surface area contributed by atoms with Crippen molar-refractivity contribution in [2.75, 3.05) is 13.1 Å². The van der Waals surface area contributed by atoms with Crippen LogP contribution in [0.1, 0.15) is 65.2 Å². The molecule has 0 aromatic rings. The molecule has 21 heavy (non-hydrogen) atoms. The number of hydrogen-bond donors (Lipinski definition) is 2. The van der Waals surface area contributed by atoms with Gasteiger partial charge in [-0.2, -0.15) is 0 Å². The van der Waals surface area contributed by atoms with Gasteiger partial charge in [0.05, 0.1) is 5.41 Å². The summed E-state index contributed by atoms with van der Waals surface area (Å²) in [6.45, 7) is 7.00. The van der Waals surface area contributed by atoms with Gasteiger partial charge in [0.1, 0.15) is 0 Å². The number of carbonyl (C=O) groups excluding carboxylic acids is 1. The molecule has 4 saturated carbocycles. The Labute approximate surface area is 128 Å². The van der Waals surface area contributed by atoms with Crippen molar-refractivity contribution < 1.29 is 4.79 Å². The molecule has 4 aliphatic carbocycles. The van der Waals surface area contributed by atoms with Gasteiger partial charge in [-0.15, -0.1) is 0 Å². The van der Waals surface area contributed by atoms with Gasteiger partial charge in [-0.05, 0) is 81.2 Å². The van der Waals surface area contributed by atoms with Gasteiger partial charge in [-0.25, -0.2) is 0 Å². The zero-order valence-electron chi connectivity index (χ0n) is 13.6. The number of hydrogen-bond acceptors (Lipinski definition) is 2. The smallest absolute Gasteiger partial charge is 0.226 e. The Morgan fingerprint density at radius 2 is 1.62 bits per heavy atom. The van der Waals surface area contributed by atoms with Gasteiger partial charge in [0, 0.05) is 6.04 Å². The van der Waals surface area contributed by atoms with Crippen molar-refractivity contribution in [2.45, 2.75) is 71.3 Å². The molecule has 0 aromatic carbocycles. The number of carbonyl (C=O) groups is 1. The molecule has 3 nitrogen and oxygen atoms in total. The minimum absolute atomic E-state index is 0.0339. The minimum Gasteiger partial charge on any atom is -0.353 e. The highest BCUT2D eigenvalue weighted by Gasteiger charge is 2.62. The third-order valence-electron chi connectivity index (χ3n) is 6.78. The lowest BCUT2D eigenvalue weighted by Gasteiger charge is -2.64. The first kappa shape index (κ1) is 14.0. The summed E-state index contributed by atoms with van der Waals surface area (Å²) in [6, 6.07) is 0.410. The Kier molecular flexibility index (Phi) is 2.99. The molecule has 118 valence electrons. The minimum atomic E-state index is -0.0339. The van der Waals surface area contributed by atoms with Crippen LogP contribution in [0, 0.1) is 22.2 Å². The van der Waals surface area contributed by atoms with Crippen LogP contribution in [-0.2, 0) is 4.79 Å². The number of piperidine rings is 1. The standard InChI is InChI=1S/C18H30N2O/c1-16-7-13-8-17(2,10-16)12-18(9-13,11-16)15(21)20-14-3-5-19-6-4-14/h13-14,19H,3-12H2,1-2H3,(H,20,21). The second kappa shape index (κ2) is 4.47. The fourth-order valence-electron chi connectivity index (χ4n) is 7.01.